The molecule has 14 aromatic rings. The molecule has 16 rings (SSSR count). The number of fused-ring (bicyclic) bond motifs is 4. The molecule has 420 valence electrons. The third-order valence-corrected chi connectivity index (χ3v) is 16.6. The molecule has 2 aliphatic rings. The Bertz CT molecular complexity index is 4840. The maximum Gasteiger partial charge on any atom is 0.260 e. The van der Waals surface area contributed by atoms with Crippen LogP contribution in [0.5, 0.6) is 46.0 Å². The summed E-state index contributed by atoms with van der Waals surface area (Å²) in [5.74, 6) is 6.52. The van der Waals surface area contributed by atoms with E-state index in [-0.39, 0.29) is 6.71 Å². The van der Waals surface area contributed by atoms with Crippen LogP contribution >= 0.6 is 0 Å². The van der Waals surface area contributed by atoms with Crippen molar-refractivity contribution in [3.05, 3.63) is 346 Å². The van der Waals surface area contributed by atoms with Crippen LogP contribution in [-0.2, 0) is 0 Å². The minimum atomic E-state index is 0.0522. The van der Waals surface area contributed by atoms with Gasteiger partial charge >= 0.3 is 0 Å². The highest BCUT2D eigenvalue weighted by Gasteiger charge is 2.41. The fourth-order valence-electron chi connectivity index (χ4n) is 12.2. The Kier molecular flexibility index (Phi) is 14.8. The Balaban J connectivity index is 0.000000149. The first-order chi connectivity index (χ1) is 44.1. The third-order valence-electron chi connectivity index (χ3n) is 16.6. The lowest BCUT2D eigenvalue weighted by atomic mass is 9.34. The zero-order chi connectivity index (χ0) is 59.3. The van der Waals surface area contributed by atoms with Crippen molar-refractivity contribution < 1.29 is 18.9 Å². The van der Waals surface area contributed by atoms with E-state index in [0.29, 0.717) is 5.75 Å². The number of rotatable bonds is 12. The van der Waals surface area contributed by atoms with Crippen molar-refractivity contribution in [3.8, 4) is 135 Å². The van der Waals surface area contributed by atoms with Gasteiger partial charge in [-0.1, -0.05) is 243 Å². The summed E-state index contributed by atoms with van der Waals surface area (Å²) in [6.45, 7) is 0.0522. The second-order valence-electron chi connectivity index (χ2n) is 22.3. The molecule has 0 amide bonds. The molecule has 0 saturated heterocycles. The molecule has 0 bridgehead atoms. The molecule has 14 aromatic carbocycles. The smallest absolute Gasteiger partial charge is 0.260 e. The van der Waals surface area contributed by atoms with Crippen LogP contribution in [0.25, 0.3) is 89.0 Å². The third kappa shape index (κ3) is 11.4. The molecule has 0 unspecified atom stereocenters. The molecule has 5 heteroatoms. The quantitative estimate of drug-likeness (QED) is 0.114. The SMILES string of the molecule is c1ccc(-c2cccc(-c3cccc(-c4cccc(-c5ccc6c7c5Oc5ccccc5B7c5ccccc5O6)c4)c3)c2)cc1.c1ccc(Oc2ccc(-c3cccc(-c4cccc(-c5cccc(-c6ccccc6)c5)c4)c3)c(Oc3ccccc3)c2)cc1. The molecule has 89 heavy (non-hydrogen) atoms. The first kappa shape index (κ1) is 54.0. The molecule has 0 spiro atoms. The monoisotopic (exact) mass is 1140 g/mol. The Hall–Kier alpha value is -11.7. The van der Waals surface area contributed by atoms with Gasteiger partial charge in [-0.05, 0) is 186 Å². The molecular formula is C84H57BO4. The summed E-state index contributed by atoms with van der Waals surface area (Å²) in [4.78, 5) is 0. The lowest BCUT2D eigenvalue weighted by molar-refractivity contribution is 0.461. The van der Waals surface area contributed by atoms with Crippen molar-refractivity contribution in [2.75, 3.05) is 0 Å². The summed E-state index contributed by atoms with van der Waals surface area (Å²) in [6.07, 6.45) is 0. The standard InChI is InChI=1S/C42H27BO2.C42H30O2/c1-2-11-28(12-3-1)29-13-8-14-30(25-29)31-15-9-16-32(26-31)33-17-10-18-34(27-33)35-23-24-40-41-42(35)45-39-22-7-5-20-37(39)43(41)36-19-4-6-21-38(36)44-40;1-4-13-31(14-5-1)32-15-10-16-33(27-32)34-17-11-18-35(28-34)36-19-12-20-37(29-36)41-26-25-40(43-38-21-6-2-7-22-38)30-42(41)44-39-23-8-3-9-24-39/h1-27H;1-30H. The van der Waals surface area contributed by atoms with Gasteiger partial charge in [-0.3, -0.25) is 0 Å². The highest BCUT2D eigenvalue weighted by molar-refractivity contribution is 6.98. The molecule has 4 nitrogen and oxygen atoms in total. The van der Waals surface area contributed by atoms with Crippen molar-refractivity contribution in [2.24, 2.45) is 0 Å². The molecular weight excluding hydrogens is 1080 g/mol. The summed E-state index contributed by atoms with van der Waals surface area (Å²) in [7, 11) is 0. The van der Waals surface area contributed by atoms with E-state index in [4.69, 9.17) is 18.9 Å². The van der Waals surface area contributed by atoms with Crippen molar-refractivity contribution in [1.82, 2.24) is 0 Å². The van der Waals surface area contributed by atoms with E-state index in [1.807, 2.05) is 84.9 Å². The van der Waals surface area contributed by atoms with Crippen LogP contribution in [0.3, 0.4) is 0 Å². The van der Waals surface area contributed by atoms with Crippen molar-refractivity contribution in [3.63, 3.8) is 0 Å². The van der Waals surface area contributed by atoms with E-state index < -0.39 is 0 Å². The van der Waals surface area contributed by atoms with Crippen molar-refractivity contribution in [1.29, 1.82) is 0 Å². The minimum Gasteiger partial charge on any atom is -0.458 e. The van der Waals surface area contributed by atoms with Gasteiger partial charge in [-0.15, -0.1) is 0 Å². The Labute approximate surface area is 519 Å². The number of hydrogen-bond acceptors (Lipinski definition) is 4. The molecule has 0 saturated carbocycles. The average molecular weight is 1140 g/mol. The second-order valence-corrected chi connectivity index (χ2v) is 22.3. The summed E-state index contributed by atoms with van der Waals surface area (Å²) in [5, 5.41) is 0. The Morgan fingerprint density at radius 3 is 1.01 bits per heavy atom. The van der Waals surface area contributed by atoms with Gasteiger partial charge in [0.25, 0.3) is 6.71 Å². The van der Waals surface area contributed by atoms with Gasteiger partial charge in [-0.25, -0.2) is 0 Å². The van der Waals surface area contributed by atoms with E-state index >= 15 is 0 Å². The van der Waals surface area contributed by atoms with Gasteiger partial charge in [0.15, 0.2) is 0 Å². The second kappa shape index (κ2) is 24.4. The lowest BCUT2D eigenvalue weighted by Gasteiger charge is -2.34. The van der Waals surface area contributed by atoms with E-state index in [9.17, 15) is 0 Å². The zero-order valence-electron chi connectivity index (χ0n) is 48.6. The lowest BCUT2D eigenvalue weighted by Crippen LogP contribution is -2.57. The van der Waals surface area contributed by atoms with Crippen LogP contribution in [0.2, 0.25) is 0 Å². The summed E-state index contributed by atoms with van der Waals surface area (Å²) < 4.78 is 25.7. The summed E-state index contributed by atoms with van der Waals surface area (Å²) >= 11 is 0. The van der Waals surface area contributed by atoms with Gasteiger partial charge in [0, 0.05) is 22.7 Å². The maximum atomic E-state index is 6.72. The number of hydrogen-bond donors (Lipinski definition) is 0. The summed E-state index contributed by atoms with van der Waals surface area (Å²) in [6, 6.07) is 120. The first-order valence-electron chi connectivity index (χ1n) is 30.1. The zero-order valence-corrected chi connectivity index (χ0v) is 48.6. The Morgan fingerprint density at radius 2 is 0.551 bits per heavy atom. The molecule has 0 radical (unpaired) electrons. The molecule has 0 aromatic heterocycles. The van der Waals surface area contributed by atoms with Gasteiger partial charge in [0.2, 0.25) is 0 Å². The highest BCUT2D eigenvalue weighted by atomic mass is 16.5. The van der Waals surface area contributed by atoms with Crippen LogP contribution in [0.4, 0.5) is 0 Å². The Morgan fingerprint density at radius 1 is 0.213 bits per heavy atom. The predicted molar refractivity (Wildman–Crippen MR) is 367 cm³/mol. The van der Waals surface area contributed by atoms with Gasteiger partial charge in [-0.2, -0.15) is 0 Å². The fourth-order valence-corrected chi connectivity index (χ4v) is 12.2. The minimum absolute atomic E-state index is 0.0522. The van der Waals surface area contributed by atoms with Crippen LogP contribution < -0.4 is 35.3 Å². The van der Waals surface area contributed by atoms with Crippen molar-refractivity contribution >= 4 is 23.1 Å². The highest BCUT2D eigenvalue weighted by Crippen LogP contribution is 2.43. The molecule has 0 atom stereocenters. The number of para-hydroxylation sites is 4. The molecule has 0 aliphatic carbocycles. The molecule has 2 heterocycles. The van der Waals surface area contributed by atoms with Crippen LogP contribution in [0.1, 0.15) is 0 Å². The largest absolute Gasteiger partial charge is 0.458 e. The number of benzene rings is 14. The van der Waals surface area contributed by atoms with E-state index in [2.05, 4.69) is 261 Å². The van der Waals surface area contributed by atoms with Gasteiger partial charge in [0.05, 0.1) is 0 Å². The maximum absolute atomic E-state index is 6.72. The van der Waals surface area contributed by atoms with Gasteiger partial charge in [0.1, 0.15) is 46.0 Å². The first-order valence-corrected chi connectivity index (χ1v) is 30.1. The number of ether oxygens (including phenoxy) is 4. The van der Waals surface area contributed by atoms with Crippen LogP contribution in [0.15, 0.2) is 346 Å². The fraction of sp³-hybridized carbons (Fsp3) is 0. The molecule has 0 N–H and O–H groups in total. The van der Waals surface area contributed by atoms with E-state index in [1.165, 1.54) is 61.0 Å². The predicted octanol–water partition coefficient (Wildman–Crippen LogP) is 21.0. The van der Waals surface area contributed by atoms with E-state index in [0.717, 1.165) is 84.7 Å². The molecule has 2 aliphatic heterocycles. The molecule has 0 fully saturated rings. The summed E-state index contributed by atoms with van der Waals surface area (Å²) in [5.41, 5.74) is 21.9. The topological polar surface area (TPSA) is 36.9 Å². The van der Waals surface area contributed by atoms with Crippen LogP contribution in [0, 0.1) is 0 Å². The normalized spacial score (nSPS) is 11.5. The average Bonchev–Trinajstić information content (AvgIpc) is 3.77. The van der Waals surface area contributed by atoms with E-state index in [1.54, 1.807) is 0 Å². The van der Waals surface area contributed by atoms with Crippen LogP contribution in [-0.4, -0.2) is 6.71 Å². The van der Waals surface area contributed by atoms with Gasteiger partial charge < -0.3 is 18.9 Å². The van der Waals surface area contributed by atoms with Crippen molar-refractivity contribution in [2.45, 2.75) is 0 Å².